The lowest BCUT2D eigenvalue weighted by molar-refractivity contribution is 0.287. The van der Waals surface area contributed by atoms with Crippen molar-refractivity contribution in [3.63, 3.8) is 0 Å². The molecule has 1 aromatic rings. The molecule has 2 rings (SSSR count). The molecule has 0 spiro atoms. The third-order valence-electron chi connectivity index (χ3n) is 4.46. The van der Waals surface area contributed by atoms with Gasteiger partial charge >= 0.3 is 0 Å². The van der Waals surface area contributed by atoms with Gasteiger partial charge in [0.1, 0.15) is 12.5 Å². The first-order valence-corrected chi connectivity index (χ1v) is 10.7. The lowest BCUT2D eigenvalue weighted by atomic mass is 10.2. The van der Waals surface area contributed by atoms with Crippen molar-refractivity contribution >= 4 is 29.9 Å². The van der Waals surface area contributed by atoms with Crippen molar-refractivity contribution in [1.82, 2.24) is 0 Å². The molecule has 2 nitrogen and oxygen atoms in total. The minimum absolute atomic E-state index is 0.178. The number of hydrogen-bond acceptors (Lipinski definition) is 2. The van der Waals surface area contributed by atoms with Crippen LogP contribution >= 0.6 is 15.9 Å². The maximum Gasteiger partial charge on any atom is 0.194 e. The predicted molar refractivity (Wildman–Crippen MR) is 88.3 cm³/mol. The molecule has 0 bridgehead atoms. The quantitative estimate of drug-likeness (QED) is 0.709. The first-order valence-electron chi connectivity index (χ1n) is 6.99. The third-order valence-corrected chi connectivity index (χ3v) is 9.53. The molecule has 0 unspecified atom stereocenters. The molecule has 0 saturated heterocycles. The Kier molecular flexibility index (Phi) is 4.34. The molecular weight excluding hydrogens is 337 g/mol. The summed E-state index contributed by atoms with van der Waals surface area (Å²) in [4.78, 5) is 2.21. The van der Waals surface area contributed by atoms with Crippen LogP contribution in [0, 0.1) is 5.82 Å². The van der Waals surface area contributed by atoms with Crippen LogP contribution in [0.1, 0.15) is 26.3 Å². The van der Waals surface area contributed by atoms with Gasteiger partial charge in [0.05, 0.1) is 5.69 Å². The fraction of sp³-hybridized carbons (Fsp3) is 0.600. The summed E-state index contributed by atoms with van der Waals surface area (Å²) in [5.74, 6) is -0.178. The molecule has 0 atom stereocenters. The van der Waals surface area contributed by atoms with E-state index >= 15 is 0 Å². The van der Waals surface area contributed by atoms with E-state index in [0.717, 1.165) is 28.7 Å². The van der Waals surface area contributed by atoms with Gasteiger partial charge in [0, 0.05) is 11.0 Å². The molecule has 1 aliphatic heterocycles. The zero-order valence-electron chi connectivity index (χ0n) is 12.9. The van der Waals surface area contributed by atoms with E-state index < -0.39 is 8.32 Å². The molecule has 0 radical (unpaired) electrons. The molecule has 112 valence electrons. The van der Waals surface area contributed by atoms with Gasteiger partial charge in [-0.25, -0.2) is 4.39 Å². The first-order chi connectivity index (χ1) is 9.12. The van der Waals surface area contributed by atoms with Gasteiger partial charge in [-0.05, 0) is 58.2 Å². The Balaban J connectivity index is 2.13. The Hall–Kier alpha value is -0.393. The van der Waals surface area contributed by atoms with Gasteiger partial charge in [0.25, 0.3) is 0 Å². The van der Waals surface area contributed by atoms with Crippen molar-refractivity contribution in [2.24, 2.45) is 0 Å². The highest BCUT2D eigenvalue weighted by atomic mass is 79.9. The molecule has 0 aliphatic carbocycles. The Morgan fingerprint density at radius 1 is 1.35 bits per heavy atom. The summed E-state index contributed by atoms with van der Waals surface area (Å²) in [6.07, 6.45) is 0.882. The van der Waals surface area contributed by atoms with Crippen molar-refractivity contribution in [3.05, 3.63) is 28.0 Å². The standard InChI is InChI=1S/C15H23BrFNOSi/c1-15(2,3)20(4,5)19-10-18-7-6-11-8-12(17)9-13(16)14(11)18/h8-9H,6-7,10H2,1-5H3. The SMILES string of the molecule is CC(C)(C)[Si](C)(C)OCN1CCc2cc(F)cc(Br)c21. The monoisotopic (exact) mass is 359 g/mol. The maximum absolute atomic E-state index is 13.4. The lowest BCUT2D eigenvalue weighted by Crippen LogP contribution is -2.44. The zero-order chi connectivity index (χ0) is 15.1. The molecule has 0 amide bonds. The summed E-state index contributed by atoms with van der Waals surface area (Å²) >= 11 is 3.47. The average Bonchev–Trinajstić information content (AvgIpc) is 2.68. The van der Waals surface area contributed by atoms with Crippen molar-refractivity contribution in [1.29, 1.82) is 0 Å². The fourth-order valence-corrected chi connectivity index (χ4v) is 3.75. The Bertz CT molecular complexity index is 513. The molecule has 1 aliphatic rings. The molecule has 1 heterocycles. The van der Waals surface area contributed by atoms with Gasteiger partial charge in [-0.1, -0.05) is 20.8 Å². The molecular formula is C15H23BrFNOSi. The van der Waals surface area contributed by atoms with Crippen LogP contribution in [0.4, 0.5) is 10.1 Å². The number of anilines is 1. The number of benzene rings is 1. The van der Waals surface area contributed by atoms with Gasteiger partial charge in [-0.3, -0.25) is 0 Å². The van der Waals surface area contributed by atoms with Crippen LogP contribution in [0.2, 0.25) is 18.1 Å². The minimum Gasteiger partial charge on any atom is -0.400 e. The molecule has 20 heavy (non-hydrogen) atoms. The molecule has 5 heteroatoms. The van der Waals surface area contributed by atoms with Crippen LogP contribution in [0.25, 0.3) is 0 Å². The number of halogens is 2. The highest BCUT2D eigenvalue weighted by molar-refractivity contribution is 9.10. The topological polar surface area (TPSA) is 12.5 Å². The summed E-state index contributed by atoms with van der Waals surface area (Å²) in [5.41, 5.74) is 2.15. The van der Waals surface area contributed by atoms with E-state index in [1.807, 2.05) is 0 Å². The summed E-state index contributed by atoms with van der Waals surface area (Å²) in [7, 11) is -1.75. The van der Waals surface area contributed by atoms with Crippen LogP contribution in [0.15, 0.2) is 16.6 Å². The zero-order valence-corrected chi connectivity index (χ0v) is 15.5. The van der Waals surface area contributed by atoms with E-state index in [1.54, 1.807) is 6.07 Å². The van der Waals surface area contributed by atoms with Gasteiger partial charge in [0.2, 0.25) is 0 Å². The van der Waals surface area contributed by atoms with E-state index in [9.17, 15) is 4.39 Å². The average molecular weight is 360 g/mol. The van der Waals surface area contributed by atoms with Gasteiger partial charge < -0.3 is 9.33 Å². The van der Waals surface area contributed by atoms with E-state index in [2.05, 4.69) is 54.7 Å². The van der Waals surface area contributed by atoms with Crippen LogP contribution in [-0.4, -0.2) is 21.6 Å². The van der Waals surface area contributed by atoms with Crippen molar-refractivity contribution in [2.75, 3.05) is 18.2 Å². The number of rotatable bonds is 3. The van der Waals surface area contributed by atoms with Crippen molar-refractivity contribution in [2.45, 2.75) is 45.3 Å². The third kappa shape index (κ3) is 3.10. The predicted octanol–water partition coefficient (Wildman–Crippen LogP) is 4.93. The van der Waals surface area contributed by atoms with Crippen LogP contribution in [-0.2, 0) is 10.8 Å². The summed E-state index contributed by atoms with van der Waals surface area (Å²) in [6.45, 7) is 12.7. The highest BCUT2D eigenvalue weighted by Gasteiger charge is 2.38. The van der Waals surface area contributed by atoms with Crippen LogP contribution < -0.4 is 4.90 Å². The highest BCUT2D eigenvalue weighted by Crippen LogP contribution is 2.39. The Labute approximate surface area is 130 Å². The fourth-order valence-electron chi connectivity index (χ4n) is 2.12. The number of nitrogens with zero attached hydrogens (tertiary/aromatic N) is 1. The Morgan fingerprint density at radius 3 is 2.60 bits per heavy atom. The van der Waals surface area contributed by atoms with Crippen LogP contribution in [0.3, 0.4) is 0 Å². The van der Waals surface area contributed by atoms with E-state index in [-0.39, 0.29) is 10.9 Å². The normalized spacial score (nSPS) is 15.7. The second kappa shape index (κ2) is 5.43. The minimum atomic E-state index is -1.75. The Morgan fingerprint density at radius 2 is 2.00 bits per heavy atom. The summed E-state index contributed by atoms with van der Waals surface area (Å²) in [5, 5.41) is 0.204. The molecule has 0 fully saturated rings. The molecule has 0 aromatic heterocycles. The molecule has 0 saturated carbocycles. The van der Waals surface area contributed by atoms with Crippen LogP contribution in [0.5, 0.6) is 0 Å². The molecule has 1 aromatic carbocycles. The smallest absolute Gasteiger partial charge is 0.194 e. The van der Waals surface area contributed by atoms with E-state index in [4.69, 9.17) is 4.43 Å². The number of hydrogen-bond donors (Lipinski definition) is 0. The molecule has 0 N–H and O–H groups in total. The van der Waals surface area contributed by atoms with Gasteiger partial charge in [0.15, 0.2) is 8.32 Å². The van der Waals surface area contributed by atoms with Crippen molar-refractivity contribution < 1.29 is 8.82 Å². The van der Waals surface area contributed by atoms with E-state index in [1.165, 1.54) is 6.07 Å². The maximum atomic E-state index is 13.4. The largest absolute Gasteiger partial charge is 0.400 e. The number of fused-ring (bicyclic) bond motifs is 1. The van der Waals surface area contributed by atoms with Crippen molar-refractivity contribution in [3.8, 4) is 0 Å². The van der Waals surface area contributed by atoms with E-state index in [0.29, 0.717) is 6.73 Å². The van der Waals surface area contributed by atoms with Gasteiger partial charge in [-0.2, -0.15) is 0 Å². The summed E-state index contributed by atoms with van der Waals surface area (Å²) in [6, 6.07) is 3.16. The second-order valence-corrected chi connectivity index (χ2v) is 12.6. The lowest BCUT2D eigenvalue weighted by Gasteiger charge is -2.37. The first kappa shape index (κ1) is 16.0. The second-order valence-electron chi connectivity index (χ2n) is 6.94. The summed E-state index contributed by atoms with van der Waals surface area (Å²) < 4.78 is 20.5. The van der Waals surface area contributed by atoms with Gasteiger partial charge in [-0.15, -0.1) is 0 Å².